The van der Waals surface area contributed by atoms with Gasteiger partial charge in [0.25, 0.3) is 0 Å². The number of aromatic nitrogens is 1. The van der Waals surface area contributed by atoms with Gasteiger partial charge in [0.1, 0.15) is 0 Å². The van der Waals surface area contributed by atoms with Crippen molar-refractivity contribution in [2.45, 2.75) is 32.6 Å². The Morgan fingerprint density at radius 2 is 2.06 bits per heavy atom. The van der Waals surface area contributed by atoms with E-state index in [1.165, 1.54) is 12.0 Å². The smallest absolute Gasteiger partial charge is 0.0270 e. The Morgan fingerprint density at radius 3 is 2.56 bits per heavy atom. The third-order valence-electron chi connectivity index (χ3n) is 3.70. The average molecular weight is 218 g/mol. The third kappa shape index (κ3) is 2.27. The van der Waals surface area contributed by atoms with Gasteiger partial charge in [-0.25, -0.2) is 0 Å². The minimum absolute atomic E-state index is 0.387. The Labute approximate surface area is 98.5 Å². The van der Waals surface area contributed by atoms with Crippen molar-refractivity contribution in [3.63, 3.8) is 0 Å². The molecule has 0 aromatic carbocycles. The fourth-order valence-electron chi connectivity index (χ4n) is 2.51. The lowest BCUT2D eigenvalue weighted by Gasteiger charge is -2.18. The third-order valence-corrected chi connectivity index (χ3v) is 3.70. The van der Waals surface area contributed by atoms with E-state index in [2.05, 4.69) is 43.2 Å². The minimum atomic E-state index is 0.387. The van der Waals surface area contributed by atoms with Crippen LogP contribution in [0.4, 0.5) is 0 Å². The van der Waals surface area contributed by atoms with Gasteiger partial charge in [0.2, 0.25) is 0 Å². The predicted molar refractivity (Wildman–Crippen MR) is 67.4 cm³/mol. The van der Waals surface area contributed by atoms with Gasteiger partial charge in [-0.1, -0.05) is 20.8 Å². The average Bonchev–Trinajstić information content (AvgIpc) is 2.91. The van der Waals surface area contributed by atoms with Crippen LogP contribution in [0.2, 0.25) is 0 Å². The Morgan fingerprint density at radius 1 is 1.44 bits per heavy atom. The molecule has 2 nitrogen and oxygen atoms in total. The fraction of sp³-hybridized carbons (Fsp3) is 0.643. The van der Waals surface area contributed by atoms with Crippen molar-refractivity contribution >= 4 is 0 Å². The standard InChI is InChI=1S/C14H22N2/c1-11(2)9-16-10-14(8-12(14)3)13-4-6-15-7-5-13/h4-7,11-12,16H,8-10H2,1-3H3. The van der Waals surface area contributed by atoms with Crippen molar-refractivity contribution in [1.82, 2.24) is 10.3 Å². The maximum atomic E-state index is 4.10. The molecule has 0 radical (unpaired) electrons. The molecule has 2 unspecified atom stereocenters. The zero-order valence-electron chi connectivity index (χ0n) is 10.5. The normalized spacial score (nSPS) is 28.4. The van der Waals surface area contributed by atoms with E-state index in [0.717, 1.165) is 24.9 Å². The largest absolute Gasteiger partial charge is 0.316 e. The number of rotatable bonds is 5. The summed E-state index contributed by atoms with van der Waals surface area (Å²) in [5.41, 5.74) is 1.84. The molecule has 0 bridgehead atoms. The van der Waals surface area contributed by atoms with Crippen LogP contribution < -0.4 is 5.32 Å². The van der Waals surface area contributed by atoms with Crippen molar-refractivity contribution in [2.75, 3.05) is 13.1 Å². The van der Waals surface area contributed by atoms with Gasteiger partial charge in [-0.05, 0) is 42.5 Å². The summed E-state index contributed by atoms with van der Waals surface area (Å²) in [4.78, 5) is 4.10. The molecule has 2 atom stereocenters. The zero-order chi connectivity index (χ0) is 11.6. The Kier molecular flexibility index (Phi) is 3.29. The van der Waals surface area contributed by atoms with E-state index in [9.17, 15) is 0 Å². The molecule has 1 N–H and O–H groups in total. The summed E-state index contributed by atoms with van der Waals surface area (Å²) < 4.78 is 0. The first-order valence-corrected chi connectivity index (χ1v) is 6.26. The molecule has 1 saturated carbocycles. The lowest BCUT2D eigenvalue weighted by Crippen LogP contribution is -2.30. The van der Waals surface area contributed by atoms with E-state index in [0.29, 0.717) is 5.41 Å². The molecule has 88 valence electrons. The van der Waals surface area contributed by atoms with Crippen LogP contribution in [0, 0.1) is 11.8 Å². The topological polar surface area (TPSA) is 24.9 Å². The summed E-state index contributed by atoms with van der Waals surface area (Å²) in [6.07, 6.45) is 5.12. The number of nitrogens with zero attached hydrogens (tertiary/aromatic N) is 1. The predicted octanol–water partition coefficient (Wildman–Crippen LogP) is 2.60. The highest BCUT2D eigenvalue weighted by atomic mass is 14.9. The molecule has 1 heterocycles. The molecule has 1 aromatic heterocycles. The Hall–Kier alpha value is -0.890. The van der Waals surface area contributed by atoms with Crippen LogP contribution in [0.3, 0.4) is 0 Å². The first-order valence-electron chi connectivity index (χ1n) is 6.26. The maximum Gasteiger partial charge on any atom is 0.0270 e. The van der Waals surface area contributed by atoms with Crippen molar-refractivity contribution in [2.24, 2.45) is 11.8 Å². The fourth-order valence-corrected chi connectivity index (χ4v) is 2.51. The van der Waals surface area contributed by atoms with Gasteiger partial charge < -0.3 is 5.32 Å². The molecule has 0 aliphatic heterocycles. The second-order valence-electron chi connectivity index (χ2n) is 5.52. The van der Waals surface area contributed by atoms with E-state index < -0.39 is 0 Å². The number of hydrogen-bond donors (Lipinski definition) is 1. The molecule has 1 fully saturated rings. The van der Waals surface area contributed by atoms with Crippen molar-refractivity contribution in [3.8, 4) is 0 Å². The van der Waals surface area contributed by atoms with E-state index in [4.69, 9.17) is 0 Å². The van der Waals surface area contributed by atoms with Crippen LogP contribution in [0.5, 0.6) is 0 Å². The van der Waals surface area contributed by atoms with Crippen molar-refractivity contribution in [3.05, 3.63) is 30.1 Å². The van der Waals surface area contributed by atoms with E-state index in [1.54, 1.807) is 0 Å². The summed E-state index contributed by atoms with van der Waals surface area (Å²) in [7, 11) is 0. The molecule has 0 spiro atoms. The SMILES string of the molecule is CC(C)CNCC1(c2ccncc2)CC1C. The van der Waals surface area contributed by atoms with Crippen molar-refractivity contribution < 1.29 is 0 Å². The van der Waals surface area contributed by atoms with Crippen LogP contribution in [-0.2, 0) is 5.41 Å². The first-order chi connectivity index (χ1) is 7.65. The molecule has 1 aliphatic carbocycles. The maximum absolute atomic E-state index is 4.10. The van der Waals surface area contributed by atoms with E-state index >= 15 is 0 Å². The second kappa shape index (κ2) is 4.54. The highest BCUT2D eigenvalue weighted by Crippen LogP contribution is 2.53. The Balaban J connectivity index is 1.99. The van der Waals surface area contributed by atoms with Crippen LogP contribution in [0.25, 0.3) is 0 Å². The summed E-state index contributed by atoms with van der Waals surface area (Å²) in [6.45, 7) is 9.07. The van der Waals surface area contributed by atoms with Crippen LogP contribution >= 0.6 is 0 Å². The van der Waals surface area contributed by atoms with Gasteiger partial charge in [-0.15, -0.1) is 0 Å². The zero-order valence-corrected chi connectivity index (χ0v) is 10.5. The molecule has 0 saturated heterocycles. The molecular weight excluding hydrogens is 196 g/mol. The van der Waals surface area contributed by atoms with Crippen LogP contribution in [-0.4, -0.2) is 18.1 Å². The minimum Gasteiger partial charge on any atom is -0.316 e. The highest BCUT2D eigenvalue weighted by molar-refractivity contribution is 5.32. The molecular formula is C14H22N2. The molecule has 2 rings (SSSR count). The molecule has 0 amide bonds. The number of nitrogens with one attached hydrogen (secondary N) is 1. The van der Waals surface area contributed by atoms with Crippen LogP contribution in [0.15, 0.2) is 24.5 Å². The van der Waals surface area contributed by atoms with Gasteiger partial charge in [0.15, 0.2) is 0 Å². The molecule has 16 heavy (non-hydrogen) atoms. The highest BCUT2D eigenvalue weighted by Gasteiger charge is 2.51. The summed E-state index contributed by atoms with van der Waals surface area (Å²) >= 11 is 0. The van der Waals surface area contributed by atoms with Gasteiger partial charge in [-0.2, -0.15) is 0 Å². The quantitative estimate of drug-likeness (QED) is 0.821. The Bertz CT molecular complexity index is 334. The monoisotopic (exact) mass is 218 g/mol. The number of hydrogen-bond acceptors (Lipinski definition) is 2. The van der Waals surface area contributed by atoms with Gasteiger partial charge in [0.05, 0.1) is 0 Å². The van der Waals surface area contributed by atoms with Gasteiger partial charge >= 0.3 is 0 Å². The van der Waals surface area contributed by atoms with Gasteiger partial charge in [-0.3, -0.25) is 4.98 Å². The molecule has 1 aliphatic rings. The second-order valence-corrected chi connectivity index (χ2v) is 5.52. The molecule has 1 aromatic rings. The van der Waals surface area contributed by atoms with E-state index in [1.807, 2.05) is 12.4 Å². The summed E-state index contributed by atoms with van der Waals surface area (Å²) in [5, 5.41) is 3.60. The molecule has 2 heteroatoms. The lowest BCUT2D eigenvalue weighted by molar-refractivity contribution is 0.493. The summed E-state index contributed by atoms with van der Waals surface area (Å²) in [6, 6.07) is 4.33. The van der Waals surface area contributed by atoms with Crippen molar-refractivity contribution in [1.29, 1.82) is 0 Å². The number of pyridine rings is 1. The van der Waals surface area contributed by atoms with E-state index in [-0.39, 0.29) is 0 Å². The lowest BCUT2D eigenvalue weighted by atomic mass is 9.94. The summed E-state index contributed by atoms with van der Waals surface area (Å²) in [5.74, 6) is 1.53. The van der Waals surface area contributed by atoms with Gasteiger partial charge in [0, 0.05) is 24.4 Å². The van der Waals surface area contributed by atoms with Crippen LogP contribution in [0.1, 0.15) is 32.8 Å². The first kappa shape index (κ1) is 11.6.